The third-order valence-corrected chi connectivity index (χ3v) is 11.5. The van der Waals surface area contributed by atoms with E-state index in [1.807, 2.05) is 42.5 Å². The number of pyridine rings is 1. The lowest BCUT2D eigenvalue weighted by atomic mass is 10.1. The summed E-state index contributed by atoms with van der Waals surface area (Å²) in [6.07, 6.45) is 3.03. The Balaban J connectivity index is 1.20. The first-order chi connectivity index (χ1) is 27.6. The molecular formula is C44H30F2N6O4S. The van der Waals surface area contributed by atoms with Crippen molar-refractivity contribution in [2.24, 2.45) is 0 Å². The van der Waals surface area contributed by atoms with E-state index >= 15 is 0 Å². The van der Waals surface area contributed by atoms with Crippen LogP contribution in [0.4, 0.5) is 14.6 Å². The Hall–Kier alpha value is -7.38. The van der Waals surface area contributed by atoms with Gasteiger partial charge in [0.2, 0.25) is 11.6 Å². The van der Waals surface area contributed by atoms with Crippen molar-refractivity contribution in [2.45, 2.75) is 11.8 Å². The molecule has 0 saturated heterocycles. The zero-order valence-electron chi connectivity index (χ0n) is 30.0. The van der Waals surface area contributed by atoms with Crippen LogP contribution in [0.5, 0.6) is 11.5 Å². The number of aromatic nitrogens is 5. The molecule has 13 heteroatoms. The van der Waals surface area contributed by atoms with Crippen molar-refractivity contribution < 1.29 is 26.7 Å². The highest BCUT2D eigenvalue weighted by Gasteiger charge is 2.30. The zero-order valence-corrected chi connectivity index (χ0v) is 30.9. The minimum Gasteiger partial charge on any atom is -0.454 e. The minimum atomic E-state index is -4.25. The number of benzene rings is 5. The lowest BCUT2D eigenvalue weighted by Gasteiger charge is -2.16. The van der Waals surface area contributed by atoms with Crippen molar-refractivity contribution in [1.82, 2.24) is 23.3 Å². The maximum Gasteiger partial charge on any atom is 0.269 e. The summed E-state index contributed by atoms with van der Waals surface area (Å²) in [5.74, 6) is -2.44. The van der Waals surface area contributed by atoms with Gasteiger partial charge in [0.05, 0.1) is 44.8 Å². The number of aryl methyl sites for hydroxylation is 1. The van der Waals surface area contributed by atoms with Crippen LogP contribution in [0.2, 0.25) is 0 Å². The fourth-order valence-electron chi connectivity index (χ4n) is 7.09. The SMILES string of the molecule is Cc1cc(Oc2cccc(F)c2F)ccc1-n1ncc(C(=O)c2cc3ccccc3n2-c2cc3c(-c4ccccn4)cccc3n2S(=O)(=O)c2ccccc2)c1N. The molecule has 0 radical (unpaired) electrons. The van der Waals surface area contributed by atoms with Crippen LogP contribution in [-0.2, 0) is 10.0 Å². The van der Waals surface area contributed by atoms with Crippen LogP contribution in [0.3, 0.4) is 0 Å². The molecule has 0 saturated carbocycles. The maximum absolute atomic E-state index is 14.8. The highest BCUT2D eigenvalue weighted by Crippen LogP contribution is 2.38. The van der Waals surface area contributed by atoms with Gasteiger partial charge in [0.25, 0.3) is 10.0 Å². The summed E-state index contributed by atoms with van der Waals surface area (Å²) >= 11 is 0. The Morgan fingerprint density at radius 2 is 1.54 bits per heavy atom. The predicted octanol–water partition coefficient (Wildman–Crippen LogP) is 9.26. The summed E-state index contributed by atoms with van der Waals surface area (Å²) < 4.78 is 67.5. The van der Waals surface area contributed by atoms with Crippen LogP contribution in [0.1, 0.15) is 21.6 Å². The molecule has 0 atom stereocenters. The lowest BCUT2D eigenvalue weighted by molar-refractivity contribution is 0.103. The van der Waals surface area contributed by atoms with Gasteiger partial charge in [-0.2, -0.15) is 9.49 Å². The molecule has 9 aromatic rings. The Bertz CT molecular complexity index is 3140. The smallest absolute Gasteiger partial charge is 0.269 e. The summed E-state index contributed by atoms with van der Waals surface area (Å²) in [6.45, 7) is 1.76. The van der Waals surface area contributed by atoms with Crippen LogP contribution in [0.15, 0.2) is 157 Å². The van der Waals surface area contributed by atoms with E-state index in [4.69, 9.17) is 10.5 Å². The quantitative estimate of drug-likeness (QED) is 0.145. The second-order valence-electron chi connectivity index (χ2n) is 13.2. The maximum atomic E-state index is 14.8. The fraction of sp³-hybridized carbons (Fsp3) is 0.0227. The molecule has 0 fully saturated rings. The van der Waals surface area contributed by atoms with Crippen LogP contribution in [0.25, 0.3) is 44.6 Å². The normalized spacial score (nSPS) is 11.7. The Morgan fingerprint density at radius 3 is 2.33 bits per heavy atom. The van der Waals surface area contributed by atoms with E-state index in [9.17, 15) is 22.0 Å². The number of fused-ring (bicyclic) bond motifs is 2. The summed E-state index contributed by atoms with van der Waals surface area (Å²) in [7, 11) is -4.25. The van der Waals surface area contributed by atoms with E-state index in [0.717, 1.165) is 6.07 Å². The van der Waals surface area contributed by atoms with Crippen molar-refractivity contribution in [2.75, 3.05) is 5.73 Å². The van der Waals surface area contributed by atoms with Gasteiger partial charge in [-0.25, -0.2) is 21.5 Å². The molecule has 10 nitrogen and oxygen atoms in total. The molecule has 0 bridgehead atoms. The first-order valence-corrected chi connectivity index (χ1v) is 19.1. The number of halogens is 2. The number of ether oxygens (including phenoxy) is 1. The van der Waals surface area contributed by atoms with Gasteiger partial charge >= 0.3 is 0 Å². The van der Waals surface area contributed by atoms with Gasteiger partial charge in [-0.3, -0.25) is 14.3 Å². The highest BCUT2D eigenvalue weighted by atomic mass is 32.2. The largest absolute Gasteiger partial charge is 0.454 e. The number of para-hydroxylation sites is 1. The number of hydrogen-bond donors (Lipinski definition) is 1. The summed E-state index contributed by atoms with van der Waals surface area (Å²) in [5.41, 5.74) is 10.4. The average molecular weight is 777 g/mol. The highest BCUT2D eigenvalue weighted by molar-refractivity contribution is 7.90. The molecule has 280 valence electrons. The molecule has 0 aliphatic carbocycles. The number of anilines is 1. The van der Waals surface area contributed by atoms with Crippen LogP contribution < -0.4 is 10.5 Å². The van der Waals surface area contributed by atoms with E-state index in [0.29, 0.717) is 44.3 Å². The first-order valence-electron chi connectivity index (χ1n) is 17.7. The molecule has 5 aromatic carbocycles. The number of nitrogen functional groups attached to an aromatic ring is 1. The Labute approximate surface area is 324 Å². The number of ketones is 1. The Morgan fingerprint density at radius 1 is 0.789 bits per heavy atom. The van der Waals surface area contributed by atoms with Crippen LogP contribution in [-0.4, -0.2) is 37.5 Å². The molecule has 4 heterocycles. The average Bonchev–Trinajstić information content (AvgIpc) is 3.93. The minimum absolute atomic E-state index is 0.0274. The van der Waals surface area contributed by atoms with E-state index in [1.54, 1.807) is 84.4 Å². The fourth-order valence-corrected chi connectivity index (χ4v) is 8.61. The van der Waals surface area contributed by atoms with Crippen molar-refractivity contribution >= 4 is 43.4 Å². The first kappa shape index (κ1) is 35.3. The number of carbonyl (C=O) groups is 1. The summed E-state index contributed by atoms with van der Waals surface area (Å²) in [6, 6.07) is 38.3. The van der Waals surface area contributed by atoms with E-state index in [-0.39, 0.29) is 39.3 Å². The number of carbonyl (C=O) groups excluding carboxylic acids is 1. The second kappa shape index (κ2) is 13.7. The van der Waals surface area contributed by atoms with Gasteiger partial charge in [-0.05, 0) is 91.3 Å². The molecule has 9 rings (SSSR count). The van der Waals surface area contributed by atoms with Gasteiger partial charge < -0.3 is 10.5 Å². The zero-order chi connectivity index (χ0) is 39.4. The van der Waals surface area contributed by atoms with Gasteiger partial charge in [0.1, 0.15) is 17.4 Å². The molecule has 0 aliphatic heterocycles. The third kappa shape index (κ3) is 5.92. The van der Waals surface area contributed by atoms with Gasteiger partial charge in [0, 0.05) is 22.5 Å². The molecule has 0 amide bonds. The third-order valence-electron chi connectivity index (χ3n) is 9.77. The number of nitrogens with two attached hydrogens (primary N) is 1. The van der Waals surface area contributed by atoms with Crippen molar-refractivity contribution in [3.8, 4) is 34.3 Å². The topological polar surface area (TPSA) is 127 Å². The Kier molecular flexibility index (Phi) is 8.51. The van der Waals surface area contributed by atoms with Crippen molar-refractivity contribution in [1.29, 1.82) is 0 Å². The standard InChI is InChI=1S/C44H30F2N6O4S/c1-27-23-29(56-40-19-10-15-34(45)42(40)46)20-21-36(27)51-44(47)33(26-49-51)43(53)39-24-28-11-5-6-17-37(28)50(39)41-25-32-31(35-16-7-8-22-48-35)14-9-18-38(32)52(41)57(54,55)30-12-3-2-4-13-30/h2-26H,47H2,1H3. The number of nitrogens with zero attached hydrogens (tertiary/aromatic N) is 5. The molecule has 57 heavy (non-hydrogen) atoms. The molecule has 0 unspecified atom stereocenters. The predicted molar refractivity (Wildman–Crippen MR) is 214 cm³/mol. The summed E-state index contributed by atoms with van der Waals surface area (Å²) in [4.78, 5) is 19.4. The molecule has 0 aliphatic rings. The van der Waals surface area contributed by atoms with Crippen molar-refractivity contribution in [3.63, 3.8) is 0 Å². The van der Waals surface area contributed by atoms with E-state index < -0.39 is 27.4 Å². The van der Waals surface area contributed by atoms with E-state index in [2.05, 4.69) is 10.1 Å². The summed E-state index contributed by atoms with van der Waals surface area (Å²) in [5, 5.41) is 5.76. The number of rotatable bonds is 9. The number of hydrogen-bond acceptors (Lipinski definition) is 7. The van der Waals surface area contributed by atoms with E-state index in [1.165, 1.54) is 39.1 Å². The van der Waals surface area contributed by atoms with Gasteiger partial charge in [-0.1, -0.05) is 60.7 Å². The van der Waals surface area contributed by atoms with Crippen LogP contribution in [0, 0.1) is 18.6 Å². The molecule has 4 aromatic heterocycles. The van der Waals surface area contributed by atoms with Crippen molar-refractivity contribution in [3.05, 3.63) is 180 Å². The lowest BCUT2D eigenvalue weighted by Crippen LogP contribution is -2.19. The molecule has 0 spiro atoms. The van der Waals surface area contributed by atoms with Crippen LogP contribution >= 0.6 is 0 Å². The van der Waals surface area contributed by atoms with Gasteiger partial charge in [-0.15, -0.1) is 0 Å². The monoisotopic (exact) mass is 776 g/mol. The second-order valence-corrected chi connectivity index (χ2v) is 15.0. The van der Waals surface area contributed by atoms with Gasteiger partial charge in [0.15, 0.2) is 11.6 Å². The molecule has 2 N–H and O–H groups in total. The molecular weight excluding hydrogens is 747 g/mol.